The first-order valence-electron chi connectivity index (χ1n) is 4.61. The van der Waals surface area contributed by atoms with Crippen molar-refractivity contribution in [3.63, 3.8) is 0 Å². The maximum Gasteiger partial charge on any atom is 0.419 e. The Labute approximate surface area is 113 Å². The first kappa shape index (κ1) is 15.7. The number of halogens is 6. The second-order valence-corrected chi connectivity index (χ2v) is 3.61. The predicted octanol–water partition coefficient (Wildman–Crippen LogP) is 3.45. The van der Waals surface area contributed by atoms with Crippen molar-refractivity contribution in [2.75, 3.05) is 5.43 Å². The second-order valence-electron chi connectivity index (χ2n) is 3.20. The third-order valence-electron chi connectivity index (χ3n) is 1.96. The van der Waals surface area contributed by atoms with Crippen molar-refractivity contribution in [2.24, 2.45) is 5.10 Å². The van der Waals surface area contributed by atoms with Crippen molar-refractivity contribution in [3.8, 4) is 12.1 Å². The van der Waals surface area contributed by atoms with Gasteiger partial charge < -0.3 is 0 Å². The number of alkyl halides is 3. The topological polar surface area (TPSA) is 72.0 Å². The monoisotopic (exact) mass is 308 g/mol. The Balaban J connectivity index is 3.34. The third-order valence-corrected chi connectivity index (χ3v) is 2.25. The Kier molecular flexibility index (Phi) is 4.48. The van der Waals surface area contributed by atoms with E-state index in [0.29, 0.717) is 0 Å². The molecule has 0 saturated heterocycles. The van der Waals surface area contributed by atoms with Crippen LogP contribution in [-0.2, 0) is 6.18 Å². The third kappa shape index (κ3) is 3.13. The van der Waals surface area contributed by atoms with Gasteiger partial charge in [-0.1, -0.05) is 11.6 Å². The van der Waals surface area contributed by atoms with Gasteiger partial charge in [-0.05, 0) is 6.07 Å². The summed E-state index contributed by atoms with van der Waals surface area (Å²) in [4.78, 5) is 0. The number of benzene rings is 1. The van der Waals surface area contributed by atoms with E-state index in [9.17, 15) is 22.0 Å². The SMILES string of the molecule is N#CC(C#N)=NNc1c(Cl)cc(C(F)(F)F)c(F)c1F. The predicted molar refractivity (Wildman–Crippen MR) is 58.7 cm³/mol. The molecular formula is C10H2ClF5N4. The van der Waals surface area contributed by atoms with E-state index in [4.69, 9.17) is 22.1 Å². The molecule has 0 fully saturated rings. The van der Waals surface area contributed by atoms with Crippen LogP contribution in [0.4, 0.5) is 27.6 Å². The molecule has 0 spiro atoms. The number of hydrogen-bond acceptors (Lipinski definition) is 4. The van der Waals surface area contributed by atoms with Gasteiger partial charge in [0.15, 0.2) is 11.6 Å². The highest BCUT2D eigenvalue weighted by atomic mass is 35.5. The lowest BCUT2D eigenvalue weighted by Crippen LogP contribution is -2.11. The first-order valence-corrected chi connectivity index (χ1v) is 4.98. The van der Waals surface area contributed by atoms with Crippen LogP contribution in [-0.4, -0.2) is 5.71 Å². The fourth-order valence-corrected chi connectivity index (χ4v) is 1.32. The summed E-state index contributed by atoms with van der Waals surface area (Å²) in [6, 6.07) is 2.76. The minimum atomic E-state index is -5.12. The van der Waals surface area contributed by atoms with E-state index in [1.165, 1.54) is 12.1 Å². The van der Waals surface area contributed by atoms with Gasteiger partial charge in [0.1, 0.15) is 17.8 Å². The molecule has 0 aliphatic heterocycles. The molecule has 0 aliphatic rings. The molecule has 0 saturated carbocycles. The molecule has 0 atom stereocenters. The molecule has 0 amide bonds. The summed E-state index contributed by atoms with van der Waals surface area (Å²) >= 11 is 5.38. The zero-order valence-electron chi connectivity index (χ0n) is 9.19. The summed E-state index contributed by atoms with van der Waals surface area (Å²) < 4.78 is 63.8. The molecule has 0 heterocycles. The molecule has 1 N–H and O–H groups in total. The van der Waals surface area contributed by atoms with Crippen molar-refractivity contribution in [1.29, 1.82) is 10.5 Å². The molecule has 0 radical (unpaired) electrons. The van der Waals surface area contributed by atoms with Crippen molar-refractivity contribution >= 4 is 23.0 Å². The van der Waals surface area contributed by atoms with E-state index >= 15 is 0 Å². The molecule has 104 valence electrons. The summed E-state index contributed by atoms with van der Waals surface area (Å²) in [5.41, 5.74) is -1.81. The number of anilines is 1. The molecule has 1 aromatic carbocycles. The summed E-state index contributed by atoms with van der Waals surface area (Å²) in [6.45, 7) is 0. The van der Waals surface area contributed by atoms with Crippen molar-refractivity contribution in [3.05, 3.63) is 28.3 Å². The number of nitrogens with one attached hydrogen (secondary N) is 1. The Morgan fingerprint density at radius 3 is 2.20 bits per heavy atom. The van der Waals surface area contributed by atoms with E-state index in [-0.39, 0.29) is 6.07 Å². The molecule has 0 aromatic heterocycles. The summed E-state index contributed by atoms with van der Waals surface area (Å²) in [5.74, 6) is -4.10. The van der Waals surface area contributed by atoms with E-state index < -0.39 is 39.8 Å². The lowest BCUT2D eigenvalue weighted by atomic mass is 10.1. The number of nitrogens with zero attached hydrogens (tertiary/aromatic N) is 3. The van der Waals surface area contributed by atoms with Gasteiger partial charge in [-0.3, -0.25) is 5.43 Å². The van der Waals surface area contributed by atoms with Crippen LogP contribution in [0.1, 0.15) is 5.56 Å². The van der Waals surface area contributed by atoms with Crippen LogP contribution in [0.3, 0.4) is 0 Å². The van der Waals surface area contributed by atoms with Crippen LogP contribution in [0.15, 0.2) is 11.2 Å². The highest BCUT2D eigenvalue weighted by Crippen LogP contribution is 2.38. The van der Waals surface area contributed by atoms with Gasteiger partial charge >= 0.3 is 6.18 Å². The highest BCUT2D eigenvalue weighted by Gasteiger charge is 2.37. The smallest absolute Gasteiger partial charge is 0.272 e. The van der Waals surface area contributed by atoms with Crippen LogP contribution >= 0.6 is 11.6 Å². The van der Waals surface area contributed by atoms with Crippen LogP contribution < -0.4 is 5.43 Å². The van der Waals surface area contributed by atoms with Crippen LogP contribution in [0, 0.1) is 34.3 Å². The van der Waals surface area contributed by atoms with Crippen molar-refractivity contribution in [1.82, 2.24) is 0 Å². The maximum atomic E-state index is 13.5. The lowest BCUT2D eigenvalue weighted by molar-refractivity contribution is -0.140. The Bertz CT molecular complexity index is 638. The zero-order valence-corrected chi connectivity index (χ0v) is 9.94. The van der Waals surface area contributed by atoms with Crippen LogP contribution in [0.25, 0.3) is 0 Å². The van der Waals surface area contributed by atoms with E-state index in [2.05, 4.69) is 5.10 Å². The molecule has 0 aliphatic carbocycles. The van der Waals surface area contributed by atoms with Gasteiger partial charge in [-0.25, -0.2) is 8.78 Å². The van der Waals surface area contributed by atoms with Gasteiger partial charge in [0.2, 0.25) is 5.71 Å². The summed E-state index contributed by atoms with van der Waals surface area (Å²) in [5, 5.41) is 19.0. The maximum absolute atomic E-state index is 13.5. The van der Waals surface area contributed by atoms with Gasteiger partial charge in [-0.15, -0.1) is 0 Å². The number of hydrazone groups is 1. The Morgan fingerprint density at radius 2 is 1.75 bits per heavy atom. The average molecular weight is 309 g/mol. The average Bonchev–Trinajstić information content (AvgIpc) is 2.37. The fraction of sp³-hybridized carbons (Fsp3) is 0.100. The minimum Gasteiger partial charge on any atom is -0.272 e. The minimum absolute atomic E-state index is 0.163. The number of nitriles is 2. The van der Waals surface area contributed by atoms with E-state index in [1.54, 1.807) is 5.43 Å². The standard InChI is InChI=1S/C10H2ClF5N4/c11-6-1-5(10(14,15)16)7(12)8(13)9(6)20-19-4(2-17)3-18/h1,20H. The lowest BCUT2D eigenvalue weighted by Gasteiger charge is -2.12. The van der Waals surface area contributed by atoms with Gasteiger partial charge in [0.05, 0.1) is 10.6 Å². The Hall–Kier alpha value is -2.39. The van der Waals surface area contributed by atoms with Crippen LogP contribution in [0.2, 0.25) is 5.02 Å². The van der Waals surface area contributed by atoms with Gasteiger partial charge in [-0.2, -0.15) is 28.8 Å². The zero-order chi connectivity index (χ0) is 15.5. The van der Waals surface area contributed by atoms with Gasteiger partial charge in [0.25, 0.3) is 0 Å². The highest BCUT2D eigenvalue weighted by molar-refractivity contribution is 6.33. The molecule has 0 bridgehead atoms. The second kappa shape index (κ2) is 5.72. The normalized spacial score (nSPS) is 10.4. The molecule has 1 rings (SSSR count). The van der Waals surface area contributed by atoms with E-state index in [0.717, 1.165) is 0 Å². The quantitative estimate of drug-likeness (QED) is 0.393. The molecule has 0 unspecified atom stereocenters. The molecular weight excluding hydrogens is 307 g/mol. The number of rotatable bonds is 2. The Morgan fingerprint density at radius 1 is 1.20 bits per heavy atom. The molecule has 1 aromatic rings. The molecule has 10 heteroatoms. The van der Waals surface area contributed by atoms with Crippen molar-refractivity contribution in [2.45, 2.75) is 6.18 Å². The van der Waals surface area contributed by atoms with E-state index in [1.807, 2.05) is 0 Å². The summed E-state index contributed by atoms with van der Waals surface area (Å²) in [7, 11) is 0. The summed E-state index contributed by atoms with van der Waals surface area (Å²) in [6.07, 6.45) is -5.12. The fourth-order valence-electron chi connectivity index (χ4n) is 1.09. The number of hydrogen-bond donors (Lipinski definition) is 1. The molecule has 20 heavy (non-hydrogen) atoms. The largest absolute Gasteiger partial charge is 0.419 e. The van der Waals surface area contributed by atoms with Gasteiger partial charge in [0, 0.05) is 0 Å². The molecule has 4 nitrogen and oxygen atoms in total. The van der Waals surface area contributed by atoms with Crippen LogP contribution in [0.5, 0.6) is 0 Å². The van der Waals surface area contributed by atoms with Crippen molar-refractivity contribution < 1.29 is 22.0 Å². The first-order chi connectivity index (χ1) is 9.22.